The van der Waals surface area contributed by atoms with Crippen LogP contribution in [-0.4, -0.2) is 65.9 Å². The van der Waals surface area contributed by atoms with Gasteiger partial charge in [0, 0.05) is 46.1 Å². The van der Waals surface area contributed by atoms with Gasteiger partial charge < -0.3 is 14.9 Å². The smallest absolute Gasteiger partial charge is 0.265 e. The van der Waals surface area contributed by atoms with E-state index in [0.717, 1.165) is 64.2 Å². The van der Waals surface area contributed by atoms with E-state index in [2.05, 4.69) is 51.0 Å². The Labute approximate surface area is 318 Å². The van der Waals surface area contributed by atoms with Gasteiger partial charge in [-0.2, -0.15) is 0 Å². The van der Waals surface area contributed by atoms with E-state index in [0.29, 0.717) is 23.6 Å². The zero-order valence-electron chi connectivity index (χ0n) is 29.3. The number of carbonyl (C=O) groups is 2. The van der Waals surface area contributed by atoms with Crippen molar-refractivity contribution in [3.63, 3.8) is 0 Å². The molecule has 1 aliphatic heterocycles. The molecule has 2 heterocycles. The van der Waals surface area contributed by atoms with Crippen LogP contribution in [0.25, 0.3) is 22.0 Å². The molecule has 10 nitrogen and oxygen atoms in total. The predicted molar refractivity (Wildman–Crippen MR) is 212 cm³/mol. The summed E-state index contributed by atoms with van der Waals surface area (Å²) in [5, 5.41) is 12.0. The number of rotatable bonds is 13. The Bertz CT molecular complexity index is 2200. The van der Waals surface area contributed by atoms with Crippen molar-refractivity contribution in [3.05, 3.63) is 117 Å². The van der Waals surface area contributed by atoms with E-state index in [4.69, 9.17) is 4.98 Å². The first-order valence-corrected chi connectivity index (χ1v) is 20.2. The third kappa shape index (κ3) is 8.29. The van der Waals surface area contributed by atoms with E-state index in [9.17, 15) is 23.1 Å². The zero-order valence-corrected chi connectivity index (χ0v) is 32.2. The lowest BCUT2D eigenvalue weighted by Gasteiger charge is -2.36. The van der Waals surface area contributed by atoms with Crippen molar-refractivity contribution in [1.82, 2.24) is 19.6 Å². The van der Waals surface area contributed by atoms with E-state index < -0.39 is 27.9 Å². The van der Waals surface area contributed by atoms with Crippen molar-refractivity contribution < 1.29 is 23.1 Å². The third-order valence-corrected chi connectivity index (χ3v) is 11.4. The number of fused-ring (bicyclic) bond motifs is 2. The molecule has 0 aliphatic carbocycles. The summed E-state index contributed by atoms with van der Waals surface area (Å²) >= 11 is 2.16. The van der Waals surface area contributed by atoms with Crippen molar-refractivity contribution in [3.8, 4) is 11.3 Å². The fourth-order valence-electron chi connectivity index (χ4n) is 6.49. The molecule has 6 rings (SSSR count). The molecular formula is C40H42IN5O5S. The Balaban J connectivity index is 1.39. The van der Waals surface area contributed by atoms with Crippen LogP contribution in [0.4, 0.5) is 5.95 Å². The lowest BCUT2D eigenvalue weighted by Crippen LogP contribution is -2.46. The summed E-state index contributed by atoms with van der Waals surface area (Å²) in [5.41, 5.74) is 3.16. The number of unbranched alkanes of at least 4 members (excludes halogenated alkanes) is 2. The average molecular weight is 832 g/mol. The van der Waals surface area contributed by atoms with E-state index >= 15 is 0 Å². The molecule has 52 heavy (non-hydrogen) atoms. The van der Waals surface area contributed by atoms with Gasteiger partial charge in [0.05, 0.1) is 23.2 Å². The summed E-state index contributed by atoms with van der Waals surface area (Å²) in [6.07, 6.45) is 6.13. The SMILES string of the molecule is CCCCN(CCCC)c1nccc(-c2ccc(C(=O)NS(=O)(=O)c3ccc4ccc(I)cc4c3)cc2C(=O)N2Cc3ccccc3C[C@H]2CO)n1. The summed E-state index contributed by atoms with van der Waals surface area (Å²) in [4.78, 5) is 41.5. The minimum Gasteiger partial charge on any atom is -0.394 e. The molecule has 0 saturated heterocycles. The van der Waals surface area contributed by atoms with Crippen LogP contribution in [0.15, 0.2) is 96.0 Å². The van der Waals surface area contributed by atoms with Crippen LogP contribution < -0.4 is 9.62 Å². The van der Waals surface area contributed by atoms with Crippen LogP contribution in [0.1, 0.15) is 71.4 Å². The predicted octanol–water partition coefficient (Wildman–Crippen LogP) is 6.99. The fourth-order valence-corrected chi connectivity index (χ4v) is 8.02. The van der Waals surface area contributed by atoms with Crippen molar-refractivity contribution in [2.75, 3.05) is 24.6 Å². The molecule has 1 aliphatic rings. The van der Waals surface area contributed by atoms with Gasteiger partial charge in [0.25, 0.3) is 21.8 Å². The van der Waals surface area contributed by atoms with Gasteiger partial charge in [0.15, 0.2) is 0 Å². The molecule has 12 heteroatoms. The number of aliphatic hydroxyl groups excluding tert-OH is 1. The fraction of sp³-hybridized carbons (Fsp3) is 0.300. The standard InChI is InChI=1S/C40H42IN5O5S/c1-3-5-19-45(20-6-4-2)40-42-18-17-37(43-40)35-16-13-29(24-36(35)39(49)46-25-30-10-8-7-9-28(30)22-33(46)26-47)38(48)44-52(50,51)34-15-12-27-11-14-32(41)21-31(27)23-34/h7-18,21,23-24,33,47H,3-6,19-20,22,25-26H2,1-2H3,(H,44,48)/t33-/m0/s1. The van der Waals surface area contributed by atoms with Crippen LogP contribution in [0.5, 0.6) is 0 Å². The van der Waals surface area contributed by atoms with Crippen LogP contribution in [0.2, 0.25) is 0 Å². The quantitative estimate of drug-likeness (QED) is 0.122. The molecule has 0 bridgehead atoms. The Morgan fingerprint density at radius 3 is 2.38 bits per heavy atom. The normalized spacial score (nSPS) is 14.2. The van der Waals surface area contributed by atoms with Crippen LogP contribution in [0, 0.1) is 3.57 Å². The van der Waals surface area contributed by atoms with E-state index in [1.54, 1.807) is 29.3 Å². The highest BCUT2D eigenvalue weighted by Crippen LogP contribution is 2.31. The summed E-state index contributed by atoms with van der Waals surface area (Å²) in [7, 11) is -4.26. The van der Waals surface area contributed by atoms with Crippen LogP contribution in [0.3, 0.4) is 0 Å². The highest BCUT2D eigenvalue weighted by Gasteiger charge is 2.32. The van der Waals surface area contributed by atoms with Gasteiger partial charge in [-0.25, -0.2) is 23.1 Å². The second-order valence-corrected chi connectivity index (χ2v) is 16.0. The molecule has 0 radical (unpaired) electrons. The largest absolute Gasteiger partial charge is 0.394 e. The summed E-state index contributed by atoms with van der Waals surface area (Å²) < 4.78 is 30.1. The molecule has 2 amide bonds. The molecule has 270 valence electrons. The highest BCUT2D eigenvalue weighted by atomic mass is 127. The van der Waals surface area contributed by atoms with Gasteiger partial charge in [-0.05, 0) is 106 Å². The summed E-state index contributed by atoms with van der Waals surface area (Å²) in [6.45, 7) is 5.87. The number of nitrogens with one attached hydrogen (secondary N) is 1. The Kier molecular flexibility index (Phi) is 11.9. The first kappa shape index (κ1) is 37.4. The molecule has 0 spiro atoms. The number of hydrogen-bond donors (Lipinski definition) is 2. The second-order valence-electron chi connectivity index (χ2n) is 13.0. The molecule has 1 aromatic heterocycles. The monoisotopic (exact) mass is 831 g/mol. The van der Waals surface area contributed by atoms with Crippen LogP contribution >= 0.6 is 22.6 Å². The first-order chi connectivity index (χ1) is 25.1. The van der Waals surface area contributed by atoms with Gasteiger partial charge >= 0.3 is 0 Å². The number of carbonyl (C=O) groups excluding carboxylic acids is 2. The topological polar surface area (TPSA) is 133 Å². The third-order valence-electron chi connectivity index (χ3n) is 9.42. The molecule has 1 atom stereocenters. The van der Waals surface area contributed by atoms with Gasteiger partial charge in [0.2, 0.25) is 5.95 Å². The lowest BCUT2D eigenvalue weighted by molar-refractivity contribution is 0.0545. The Hall–Kier alpha value is -4.40. The van der Waals surface area contributed by atoms with Gasteiger partial charge in [0.1, 0.15) is 0 Å². The minimum absolute atomic E-state index is 0.00855. The maximum atomic E-state index is 14.6. The highest BCUT2D eigenvalue weighted by molar-refractivity contribution is 14.1. The number of hydrogen-bond acceptors (Lipinski definition) is 8. The van der Waals surface area contributed by atoms with Crippen molar-refractivity contribution in [1.29, 1.82) is 0 Å². The number of halogens is 1. The number of aromatic nitrogens is 2. The van der Waals surface area contributed by atoms with Crippen LogP contribution in [-0.2, 0) is 23.0 Å². The van der Waals surface area contributed by atoms with E-state index in [-0.39, 0.29) is 29.2 Å². The maximum absolute atomic E-state index is 14.6. The molecule has 0 saturated carbocycles. The molecular weight excluding hydrogens is 789 g/mol. The number of amides is 2. The molecule has 4 aromatic carbocycles. The van der Waals surface area contributed by atoms with Crippen molar-refractivity contribution in [2.24, 2.45) is 0 Å². The average Bonchev–Trinajstić information content (AvgIpc) is 3.16. The number of benzene rings is 4. The number of sulfonamides is 1. The second kappa shape index (κ2) is 16.5. The van der Waals surface area contributed by atoms with Gasteiger partial charge in [-0.1, -0.05) is 69.2 Å². The van der Waals surface area contributed by atoms with E-state index in [1.165, 1.54) is 24.3 Å². The lowest BCUT2D eigenvalue weighted by atomic mass is 9.92. The Morgan fingerprint density at radius 2 is 1.65 bits per heavy atom. The van der Waals surface area contributed by atoms with Gasteiger partial charge in [-0.15, -0.1) is 0 Å². The molecule has 2 N–H and O–H groups in total. The minimum atomic E-state index is -4.26. The van der Waals surface area contributed by atoms with E-state index in [1.807, 2.05) is 42.5 Å². The van der Waals surface area contributed by atoms with Crippen molar-refractivity contribution in [2.45, 2.75) is 63.4 Å². The summed E-state index contributed by atoms with van der Waals surface area (Å²) in [5.74, 6) is -0.727. The van der Waals surface area contributed by atoms with Gasteiger partial charge in [-0.3, -0.25) is 9.59 Å². The van der Waals surface area contributed by atoms with Crippen molar-refractivity contribution >= 4 is 61.1 Å². The Morgan fingerprint density at radius 1 is 0.923 bits per heavy atom. The number of nitrogens with zero attached hydrogens (tertiary/aromatic N) is 4. The molecule has 0 fully saturated rings. The molecule has 5 aromatic rings. The first-order valence-electron chi connectivity index (χ1n) is 17.6. The zero-order chi connectivity index (χ0) is 36.8. The summed E-state index contributed by atoms with van der Waals surface area (Å²) in [6, 6.07) is 24.0. The number of aliphatic hydroxyl groups is 1. The molecule has 0 unspecified atom stereocenters. The maximum Gasteiger partial charge on any atom is 0.265 e. The number of anilines is 1.